The molecule has 2 aliphatic rings. The smallest absolute Gasteiger partial charge is 0.274 e. The highest BCUT2D eigenvalue weighted by Gasteiger charge is 2.42. The van der Waals surface area contributed by atoms with Gasteiger partial charge in [0.1, 0.15) is 5.69 Å². The summed E-state index contributed by atoms with van der Waals surface area (Å²) in [6.07, 6.45) is 7.25. The monoisotopic (exact) mass is 346 g/mol. The van der Waals surface area contributed by atoms with Gasteiger partial charge in [-0.15, -0.1) is 0 Å². The number of hydrogen-bond donors (Lipinski definition) is 0. The Labute approximate surface area is 150 Å². The van der Waals surface area contributed by atoms with E-state index < -0.39 is 0 Å². The molecule has 0 saturated carbocycles. The fraction of sp³-hybridized carbons (Fsp3) is 0.737. The van der Waals surface area contributed by atoms with Crippen molar-refractivity contribution in [1.29, 1.82) is 0 Å². The molecule has 3 rings (SSSR count). The molecule has 1 aromatic heterocycles. The van der Waals surface area contributed by atoms with E-state index in [1.54, 1.807) is 12.4 Å². The Morgan fingerprint density at radius 3 is 2.60 bits per heavy atom. The summed E-state index contributed by atoms with van der Waals surface area (Å²) >= 11 is 0. The van der Waals surface area contributed by atoms with Crippen molar-refractivity contribution in [3.8, 4) is 0 Å². The van der Waals surface area contributed by atoms with E-state index in [1.165, 1.54) is 0 Å². The van der Waals surface area contributed by atoms with E-state index in [-0.39, 0.29) is 11.5 Å². The van der Waals surface area contributed by atoms with E-state index in [0.717, 1.165) is 64.2 Å². The third-order valence-electron chi connectivity index (χ3n) is 5.76. The summed E-state index contributed by atoms with van der Waals surface area (Å²) in [4.78, 5) is 25.5. The van der Waals surface area contributed by atoms with E-state index in [2.05, 4.69) is 28.7 Å². The lowest BCUT2D eigenvalue weighted by Crippen LogP contribution is -2.54. The van der Waals surface area contributed by atoms with Crippen LogP contribution in [0.3, 0.4) is 0 Å². The molecule has 2 aliphatic heterocycles. The molecule has 0 radical (unpaired) electrons. The Balaban J connectivity index is 1.60. The van der Waals surface area contributed by atoms with Crippen molar-refractivity contribution >= 4 is 5.91 Å². The topological polar surface area (TPSA) is 58.6 Å². The van der Waals surface area contributed by atoms with Gasteiger partial charge < -0.3 is 14.5 Å². The van der Waals surface area contributed by atoms with E-state index in [9.17, 15) is 4.79 Å². The summed E-state index contributed by atoms with van der Waals surface area (Å²) in [6.45, 7) is 10.8. The Morgan fingerprint density at radius 2 is 2.00 bits per heavy atom. The van der Waals surface area contributed by atoms with Crippen LogP contribution in [0, 0.1) is 6.92 Å². The van der Waals surface area contributed by atoms with Crippen molar-refractivity contribution < 1.29 is 9.53 Å². The minimum absolute atomic E-state index is 0.0153. The lowest BCUT2D eigenvalue weighted by Gasteiger charge is -2.48. The highest BCUT2D eigenvalue weighted by molar-refractivity contribution is 5.92. The van der Waals surface area contributed by atoms with Crippen LogP contribution in [-0.4, -0.2) is 70.1 Å². The highest BCUT2D eigenvalue weighted by atomic mass is 16.5. The molecule has 25 heavy (non-hydrogen) atoms. The summed E-state index contributed by atoms with van der Waals surface area (Å²) in [5.74, 6) is -0.0153. The molecule has 1 spiro atoms. The first-order valence-electron chi connectivity index (χ1n) is 9.53. The van der Waals surface area contributed by atoms with Crippen LogP contribution in [-0.2, 0) is 4.74 Å². The number of aryl methyl sites for hydroxylation is 1. The van der Waals surface area contributed by atoms with Crippen molar-refractivity contribution in [1.82, 2.24) is 19.8 Å². The molecule has 2 saturated heterocycles. The molecule has 0 aromatic carbocycles. The number of carbonyl (C=O) groups is 1. The summed E-state index contributed by atoms with van der Waals surface area (Å²) < 4.78 is 6.23. The first kappa shape index (κ1) is 18.3. The summed E-state index contributed by atoms with van der Waals surface area (Å²) in [7, 11) is 0. The first-order valence-corrected chi connectivity index (χ1v) is 9.53. The Bertz CT molecular complexity index is 578. The highest BCUT2D eigenvalue weighted by Crippen LogP contribution is 2.36. The first-order chi connectivity index (χ1) is 12.1. The number of aromatic nitrogens is 2. The van der Waals surface area contributed by atoms with Gasteiger partial charge >= 0.3 is 0 Å². The second-order valence-electron chi connectivity index (χ2n) is 7.23. The normalized spacial score (nSPS) is 23.2. The average molecular weight is 346 g/mol. The van der Waals surface area contributed by atoms with E-state index in [1.807, 2.05) is 11.8 Å². The molecule has 1 amide bonds. The predicted molar refractivity (Wildman–Crippen MR) is 96.5 cm³/mol. The molecule has 6 nitrogen and oxygen atoms in total. The quantitative estimate of drug-likeness (QED) is 0.837. The maximum atomic E-state index is 12.6. The van der Waals surface area contributed by atoms with Gasteiger partial charge in [0.05, 0.1) is 17.5 Å². The van der Waals surface area contributed by atoms with Crippen LogP contribution >= 0.6 is 0 Å². The molecular formula is C19H30N4O2. The van der Waals surface area contributed by atoms with Gasteiger partial charge in [-0.1, -0.05) is 13.8 Å². The molecule has 138 valence electrons. The summed E-state index contributed by atoms with van der Waals surface area (Å²) in [5.41, 5.74) is 1.21. The van der Waals surface area contributed by atoms with E-state index in [0.29, 0.717) is 11.7 Å². The number of piperidine rings is 1. The van der Waals surface area contributed by atoms with Crippen LogP contribution in [0.25, 0.3) is 0 Å². The number of rotatable bonds is 4. The molecule has 0 bridgehead atoms. The maximum absolute atomic E-state index is 12.6. The van der Waals surface area contributed by atoms with Crippen molar-refractivity contribution in [2.45, 2.75) is 58.1 Å². The number of amides is 1. The zero-order valence-electron chi connectivity index (χ0n) is 15.7. The summed E-state index contributed by atoms with van der Waals surface area (Å²) in [5, 5.41) is 0. The third-order valence-corrected chi connectivity index (χ3v) is 5.76. The number of nitrogens with zero attached hydrogens (tertiary/aromatic N) is 4. The molecular weight excluding hydrogens is 316 g/mol. The van der Waals surface area contributed by atoms with Crippen LogP contribution in [0.5, 0.6) is 0 Å². The van der Waals surface area contributed by atoms with Gasteiger partial charge in [-0.2, -0.15) is 0 Å². The molecule has 0 aliphatic carbocycles. The van der Waals surface area contributed by atoms with Crippen molar-refractivity contribution in [3.05, 3.63) is 23.8 Å². The van der Waals surface area contributed by atoms with Crippen LogP contribution in [0.15, 0.2) is 12.4 Å². The van der Waals surface area contributed by atoms with Crippen LogP contribution in [0.2, 0.25) is 0 Å². The standard InChI is InChI=1S/C19H30N4O2/c1-4-22(5-2)16-6-11-25-19(12-16)7-9-23(10-8-19)18(24)17-14-20-15(3)13-21-17/h13-14,16H,4-12H2,1-3H3. The second kappa shape index (κ2) is 7.79. The van der Waals surface area contributed by atoms with Gasteiger partial charge in [0, 0.05) is 31.9 Å². The molecule has 3 heterocycles. The fourth-order valence-corrected chi connectivity index (χ4v) is 4.18. The second-order valence-corrected chi connectivity index (χ2v) is 7.23. The van der Waals surface area contributed by atoms with Crippen LogP contribution in [0.4, 0.5) is 0 Å². The SMILES string of the molecule is CCN(CC)C1CCOC2(CCN(C(=O)c3cnc(C)cn3)CC2)C1. The van der Waals surface area contributed by atoms with E-state index in [4.69, 9.17) is 4.74 Å². The molecule has 1 aromatic rings. The van der Waals surface area contributed by atoms with Gasteiger partial charge in [-0.3, -0.25) is 9.78 Å². The average Bonchev–Trinajstić information content (AvgIpc) is 2.64. The molecule has 0 N–H and O–H groups in total. The third kappa shape index (κ3) is 4.01. The Hall–Kier alpha value is -1.53. The predicted octanol–water partition coefficient (Wildman–Crippen LogP) is 2.28. The van der Waals surface area contributed by atoms with Crippen molar-refractivity contribution in [2.24, 2.45) is 0 Å². The number of ether oxygens (including phenoxy) is 1. The number of likely N-dealkylation sites (tertiary alicyclic amines) is 1. The maximum Gasteiger partial charge on any atom is 0.274 e. The molecule has 1 atom stereocenters. The van der Waals surface area contributed by atoms with Crippen LogP contribution < -0.4 is 0 Å². The van der Waals surface area contributed by atoms with Crippen LogP contribution in [0.1, 0.15) is 55.7 Å². The zero-order chi connectivity index (χ0) is 17.9. The number of carbonyl (C=O) groups excluding carboxylic acids is 1. The van der Waals surface area contributed by atoms with Gasteiger partial charge in [0.25, 0.3) is 5.91 Å². The van der Waals surface area contributed by atoms with Crippen molar-refractivity contribution in [3.63, 3.8) is 0 Å². The molecule has 6 heteroatoms. The number of hydrogen-bond acceptors (Lipinski definition) is 5. The van der Waals surface area contributed by atoms with Gasteiger partial charge in [-0.25, -0.2) is 4.98 Å². The molecule has 1 unspecified atom stereocenters. The lowest BCUT2D eigenvalue weighted by molar-refractivity contribution is -0.129. The minimum atomic E-state index is -0.0543. The Kier molecular flexibility index (Phi) is 5.69. The van der Waals surface area contributed by atoms with Gasteiger partial charge in [-0.05, 0) is 45.7 Å². The summed E-state index contributed by atoms with van der Waals surface area (Å²) in [6, 6.07) is 0.606. The minimum Gasteiger partial charge on any atom is -0.375 e. The fourth-order valence-electron chi connectivity index (χ4n) is 4.18. The zero-order valence-corrected chi connectivity index (χ0v) is 15.7. The lowest BCUT2D eigenvalue weighted by atomic mass is 9.81. The Morgan fingerprint density at radius 1 is 1.28 bits per heavy atom. The van der Waals surface area contributed by atoms with E-state index >= 15 is 0 Å². The van der Waals surface area contributed by atoms with Gasteiger partial charge in [0.15, 0.2) is 0 Å². The van der Waals surface area contributed by atoms with Gasteiger partial charge in [0.2, 0.25) is 0 Å². The largest absolute Gasteiger partial charge is 0.375 e. The molecule has 2 fully saturated rings. The van der Waals surface area contributed by atoms with Crippen molar-refractivity contribution in [2.75, 3.05) is 32.8 Å².